The van der Waals surface area contributed by atoms with Gasteiger partial charge in [0.15, 0.2) is 6.10 Å². The molecule has 0 aliphatic heterocycles. The predicted octanol–water partition coefficient (Wildman–Crippen LogP) is 4.39. The lowest BCUT2D eigenvalue weighted by atomic mass is 10.1. The standard InChI is InChI=1S/C24H17FN4O4/c1-13-21-18(11-20(28-23(21)33-29-13)15-7-9-17(25)10-8-15)24(31)32-14(2)22(30)27-19-6-4-3-5-16(19)12-26/h3-11,14H,1-2H3,(H,27,30). The molecule has 2 aromatic carbocycles. The van der Waals surface area contributed by atoms with E-state index in [1.54, 1.807) is 31.2 Å². The number of aromatic nitrogens is 2. The number of carbonyl (C=O) groups is 2. The van der Waals surface area contributed by atoms with Crippen LogP contribution < -0.4 is 5.32 Å². The van der Waals surface area contributed by atoms with Crippen molar-refractivity contribution >= 4 is 28.7 Å². The molecule has 1 N–H and O–H groups in total. The van der Waals surface area contributed by atoms with Crippen molar-refractivity contribution in [3.05, 3.63) is 77.2 Å². The average molecular weight is 444 g/mol. The molecule has 1 unspecified atom stereocenters. The molecule has 9 heteroatoms. The van der Waals surface area contributed by atoms with E-state index in [0.717, 1.165) is 0 Å². The van der Waals surface area contributed by atoms with Gasteiger partial charge in [0, 0.05) is 5.56 Å². The summed E-state index contributed by atoms with van der Waals surface area (Å²) in [6.07, 6.45) is -1.16. The number of halogens is 1. The van der Waals surface area contributed by atoms with Gasteiger partial charge in [-0.05, 0) is 56.3 Å². The molecule has 8 nitrogen and oxygen atoms in total. The third-order valence-electron chi connectivity index (χ3n) is 4.94. The highest BCUT2D eigenvalue weighted by Crippen LogP contribution is 2.28. The first-order valence-electron chi connectivity index (χ1n) is 9.91. The Morgan fingerprint density at radius 3 is 2.64 bits per heavy atom. The van der Waals surface area contributed by atoms with Crippen LogP contribution in [0.4, 0.5) is 10.1 Å². The Balaban J connectivity index is 1.62. The first kappa shape index (κ1) is 21.6. The van der Waals surface area contributed by atoms with Gasteiger partial charge in [-0.25, -0.2) is 14.2 Å². The molecule has 0 aliphatic rings. The third kappa shape index (κ3) is 4.41. The molecule has 0 spiro atoms. The number of hydrogen-bond acceptors (Lipinski definition) is 7. The number of carbonyl (C=O) groups excluding carboxylic acids is 2. The number of rotatable bonds is 5. The van der Waals surface area contributed by atoms with Gasteiger partial charge < -0.3 is 14.6 Å². The zero-order valence-corrected chi connectivity index (χ0v) is 17.6. The van der Waals surface area contributed by atoms with Crippen molar-refractivity contribution in [3.8, 4) is 17.3 Å². The van der Waals surface area contributed by atoms with Crippen LogP contribution in [0.3, 0.4) is 0 Å². The highest BCUT2D eigenvalue weighted by molar-refractivity contribution is 6.05. The SMILES string of the molecule is Cc1noc2nc(-c3ccc(F)cc3)cc(C(=O)OC(C)C(=O)Nc3ccccc3C#N)c12. The lowest BCUT2D eigenvalue weighted by molar-refractivity contribution is -0.123. The van der Waals surface area contributed by atoms with Crippen LogP contribution in [-0.4, -0.2) is 28.1 Å². The maximum atomic E-state index is 13.3. The molecule has 164 valence electrons. The van der Waals surface area contributed by atoms with Crippen LogP contribution in [0, 0.1) is 24.1 Å². The summed E-state index contributed by atoms with van der Waals surface area (Å²) in [6.45, 7) is 3.07. The lowest BCUT2D eigenvalue weighted by Gasteiger charge is -2.15. The summed E-state index contributed by atoms with van der Waals surface area (Å²) in [7, 11) is 0. The number of pyridine rings is 1. The number of ether oxygens (including phenoxy) is 1. The molecule has 0 radical (unpaired) electrons. The smallest absolute Gasteiger partial charge is 0.339 e. The Hall–Kier alpha value is -4.58. The molecule has 1 atom stereocenters. The predicted molar refractivity (Wildman–Crippen MR) is 117 cm³/mol. The first-order chi connectivity index (χ1) is 15.9. The summed E-state index contributed by atoms with van der Waals surface area (Å²) in [6, 6.07) is 15.5. The van der Waals surface area contributed by atoms with Crippen LogP contribution in [0.5, 0.6) is 0 Å². The van der Waals surface area contributed by atoms with Crippen LogP contribution in [0.2, 0.25) is 0 Å². The van der Waals surface area contributed by atoms with E-state index in [4.69, 9.17) is 9.26 Å². The maximum absolute atomic E-state index is 13.3. The molecule has 0 saturated heterocycles. The maximum Gasteiger partial charge on any atom is 0.339 e. The van der Waals surface area contributed by atoms with Gasteiger partial charge in [-0.2, -0.15) is 5.26 Å². The van der Waals surface area contributed by atoms with Gasteiger partial charge >= 0.3 is 5.97 Å². The van der Waals surface area contributed by atoms with E-state index in [1.165, 1.54) is 37.3 Å². The number of esters is 1. The van der Waals surface area contributed by atoms with E-state index in [-0.39, 0.29) is 16.8 Å². The van der Waals surface area contributed by atoms with Crippen molar-refractivity contribution < 1.29 is 23.2 Å². The summed E-state index contributed by atoms with van der Waals surface area (Å²) >= 11 is 0. The Bertz CT molecular complexity index is 1410. The average Bonchev–Trinajstić information content (AvgIpc) is 3.19. The Kier molecular flexibility index (Phi) is 5.83. The van der Waals surface area contributed by atoms with Crippen LogP contribution in [-0.2, 0) is 9.53 Å². The van der Waals surface area contributed by atoms with Crippen molar-refractivity contribution in [1.82, 2.24) is 10.1 Å². The molecule has 4 aromatic rings. The Labute approximate surface area is 187 Å². The van der Waals surface area contributed by atoms with Gasteiger partial charge in [0.25, 0.3) is 11.6 Å². The minimum atomic E-state index is -1.16. The van der Waals surface area contributed by atoms with Crippen molar-refractivity contribution in [2.45, 2.75) is 20.0 Å². The fourth-order valence-electron chi connectivity index (χ4n) is 3.23. The zero-order chi connectivity index (χ0) is 23.5. The Morgan fingerprint density at radius 2 is 1.91 bits per heavy atom. The summed E-state index contributed by atoms with van der Waals surface area (Å²) in [5, 5.41) is 16.0. The number of aryl methyl sites for hydroxylation is 1. The fourth-order valence-corrected chi connectivity index (χ4v) is 3.23. The number of anilines is 1. The Morgan fingerprint density at radius 1 is 1.18 bits per heavy atom. The second-order valence-electron chi connectivity index (χ2n) is 7.20. The number of para-hydroxylation sites is 1. The number of nitrogens with one attached hydrogen (secondary N) is 1. The van der Waals surface area contributed by atoms with Crippen molar-refractivity contribution in [3.63, 3.8) is 0 Å². The molecule has 2 aromatic heterocycles. The molecular weight excluding hydrogens is 427 g/mol. The number of amides is 1. The molecule has 0 bridgehead atoms. The second-order valence-corrected chi connectivity index (χ2v) is 7.20. The fraction of sp³-hybridized carbons (Fsp3) is 0.125. The van der Waals surface area contributed by atoms with Gasteiger partial charge in [-0.3, -0.25) is 4.79 Å². The number of benzene rings is 2. The van der Waals surface area contributed by atoms with E-state index < -0.39 is 23.8 Å². The minimum Gasteiger partial charge on any atom is -0.449 e. The zero-order valence-electron chi connectivity index (χ0n) is 17.6. The quantitative estimate of drug-likeness (QED) is 0.454. The summed E-state index contributed by atoms with van der Waals surface area (Å²) in [5.41, 5.74) is 2.15. The van der Waals surface area contributed by atoms with Crippen molar-refractivity contribution in [2.75, 3.05) is 5.32 Å². The summed E-state index contributed by atoms with van der Waals surface area (Å²) in [4.78, 5) is 30.0. The number of nitriles is 1. The van der Waals surface area contributed by atoms with Gasteiger partial charge in [0.2, 0.25) is 0 Å². The molecule has 1 amide bonds. The molecule has 0 fully saturated rings. The van der Waals surface area contributed by atoms with Gasteiger partial charge in [0.1, 0.15) is 11.9 Å². The minimum absolute atomic E-state index is 0.107. The molecule has 2 heterocycles. The normalized spacial score (nSPS) is 11.6. The third-order valence-corrected chi connectivity index (χ3v) is 4.94. The second kappa shape index (κ2) is 8.88. The topological polar surface area (TPSA) is 118 Å². The summed E-state index contributed by atoms with van der Waals surface area (Å²) < 4.78 is 23.9. The molecule has 0 aliphatic carbocycles. The first-order valence-corrected chi connectivity index (χ1v) is 9.91. The van der Waals surface area contributed by atoms with E-state index >= 15 is 0 Å². The molecule has 33 heavy (non-hydrogen) atoms. The number of fused-ring (bicyclic) bond motifs is 1. The van der Waals surface area contributed by atoms with E-state index in [9.17, 15) is 19.2 Å². The van der Waals surface area contributed by atoms with E-state index in [0.29, 0.717) is 28.0 Å². The van der Waals surface area contributed by atoms with Crippen molar-refractivity contribution in [2.24, 2.45) is 0 Å². The van der Waals surface area contributed by atoms with Gasteiger partial charge in [-0.15, -0.1) is 0 Å². The highest BCUT2D eigenvalue weighted by Gasteiger charge is 2.25. The van der Waals surface area contributed by atoms with Crippen LogP contribution >= 0.6 is 0 Å². The highest BCUT2D eigenvalue weighted by atomic mass is 19.1. The molecule has 4 rings (SSSR count). The van der Waals surface area contributed by atoms with Crippen molar-refractivity contribution in [1.29, 1.82) is 5.26 Å². The molecular formula is C24H17FN4O4. The monoisotopic (exact) mass is 444 g/mol. The van der Waals surface area contributed by atoms with E-state index in [1.807, 2.05) is 6.07 Å². The van der Waals surface area contributed by atoms with Crippen LogP contribution in [0.1, 0.15) is 28.5 Å². The van der Waals surface area contributed by atoms with Crippen LogP contribution in [0.25, 0.3) is 22.4 Å². The van der Waals surface area contributed by atoms with Crippen LogP contribution in [0.15, 0.2) is 59.1 Å². The van der Waals surface area contributed by atoms with Gasteiger partial charge in [0.05, 0.1) is 33.6 Å². The molecule has 0 saturated carbocycles. The van der Waals surface area contributed by atoms with Gasteiger partial charge in [-0.1, -0.05) is 17.3 Å². The van der Waals surface area contributed by atoms with E-state index in [2.05, 4.69) is 15.5 Å². The largest absolute Gasteiger partial charge is 0.449 e. The lowest BCUT2D eigenvalue weighted by Crippen LogP contribution is -2.30. The summed E-state index contributed by atoms with van der Waals surface area (Å²) in [5.74, 6) is -1.79. The number of hydrogen-bond donors (Lipinski definition) is 1. The number of nitrogens with zero attached hydrogens (tertiary/aromatic N) is 3.